The van der Waals surface area contributed by atoms with Gasteiger partial charge in [-0.15, -0.1) is 0 Å². The summed E-state index contributed by atoms with van der Waals surface area (Å²) >= 11 is 0. The van der Waals surface area contributed by atoms with Gasteiger partial charge in [-0.3, -0.25) is 0 Å². The molecule has 0 aromatic rings. The molecule has 0 bridgehead atoms. The van der Waals surface area contributed by atoms with Crippen LogP contribution in [-0.4, -0.2) is 43.5 Å². The third-order valence-corrected chi connectivity index (χ3v) is 4.17. The minimum absolute atomic E-state index is 0.184. The van der Waals surface area contributed by atoms with Crippen LogP contribution in [0, 0.1) is 5.92 Å². The minimum Gasteiger partial charge on any atom is -0.347 e. The number of ether oxygens (including phenoxy) is 2. The fraction of sp³-hybridized carbons (Fsp3) is 1.00. The van der Waals surface area contributed by atoms with Gasteiger partial charge in [-0.05, 0) is 18.8 Å². The highest BCUT2D eigenvalue weighted by molar-refractivity contribution is 4.84. The second-order valence-corrected chi connectivity index (χ2v) is 5.21. The molecule has 2 saturated heterocycles. The summed E-state index contributed by atoms with van der Waals surface area (Å²) in [6, 6.07) is 0. The van der Waals surface area contributed by atoms with Crippen LogP contribution in [0.15, 0.2) is 0 Å². The average Bonchev–Trinajstić information content (AvgIpc) is 2.63. The van der Waals surface area contributed by atoms with Crippen LogP contribution >= 0.6 is 0 Å². The van der Waals surface area contributed by atoms with Crippen LogP contribution in [-0.2, 0) is 9.47 Å². The lowest BCUT2D eigenvalue weighted by molar-refractivity contribution is -0.186. The van der Waals surface area contributed by atoms with Gasteiger partial charge in [-0.25, -0.2) is 0 Å². The van der Waals surface area contributed by atoms with E-state index in [1.165, 1.54) is 25.8 Å². The normalized spacial score (nSPS) is 32.0. The summed E-state index contributed by atoms with van der Waals surface area (Å²) < 4.78 is 11.5. The standard InChI is InChI=1S/C12H21NO2/c1-2-11(3-1)10-13-6-4-12(5-7-13)14-8-9-15-12/h11H,1-10H2. The van der Waals surface area contributed by atoms with Crippen LogP contribution in [0.3, 0.4) is 0 Å². The molecular weight excluding hydrogens is 190 g/mol. The van der Waals surface area contributed by atoms with Crippen LogP contribution in [0.4, 0.5) is 0 Å². The smallest absolute Gasteiger partial charge is 0.170 e. The van der Waals surface area contributed by atoms with Crippen molar-refractivity contribution in [3.63, 3.8) is 0 Å². The van der Waals surface area contributed by atoms with Crippen molar-refractivity contribution in [2.45, 2.75) is 37.9 Å². The van der Waals surface area contributed by atoms with E-state index in [0.717, 1.165) is 45.1 Å². The van der Waals surface area contributed by atoms with E-state index in [2.05, 4.69) is 4.90 Å². The Hall–Kier alpha value is -0.120. The Labute approximate surface area is 91.7 Å². The Kier molecular flexibility index (Phi) is 2.71. The molecule has 0 aromatic carbocycles. The predicted molar refractivity (Wildman–Crippen MR) is 57.7 cm³/mol. The molecule has 3 nitrogen and oxygen atoms in total. The lowest BCUT2D eigenvalue weighted by Gasteiger charge is -2.40. The van der Waals surface area contributed by atoms with E-state index in [-0.39, 0.29) is 5.79 Å². The molecule has 0 unspecified atom stereocenters. The molecule has 15 heavy (non-hydrogen) atoms. The zero-order valence-corrected chi connectivity index (χ0v) is 9.41. The molecule has 86 valence electrons. The van der Waals surface area contributed by atoms with E-state index < -0.39 is 0 Å². The molecule has 2 heterocycles. The molecule has 3 rings (SSSR count). The fourth-order valence-electron chi connectivity index (χ4n) is 2.90. The van der Waals surface area contributed by atoms with Crippen LogP contribution < -0.4 is 0 Å². The van der Waals surface area contributed by atoms with E-state index in [1.54, 1.807) is 0 Å². The van der Waals surface area contributed by atoms with E-state index in [9.17, 15) is 0 Å². The first-order valence-electron chi connectivity index (χ1n) is 6.37. The van der Waals surface area contributed by atoms with Gasteiger partial charge in [0.1, 0.15) is 0 Å². The van der Waals surface area contributed by atoms with Gasteiger partial charge in [-0.2, -0.15) is 0 Å². The quantitative estimate of drug-likeness (QED) is 0.693. The topological polar surface area (TPSA) is 21.7 Å². The van der Waals surface area contributed by atoms with Crippen molar-refractivity contribution in [3.8, 4) is 0 Å². The second kappa shape index (κ2) is 4.04. The van der Waals surface area contributed by atoms with Gasteiger partial charge in [0.25, 0.3) is 0 Å². The maximum Gasteiger partial charge on any atom is 0.170 e. The number of rotatable bonds is 2. The zero-order valence-electron chi connectivity index (χ0n) is 9.41. The van der Waals surface area contributed by atoms with Gasteiger partial charge >= 0.3 is 0 Å². The number of hydrogen-bond donors (Lipinski definition) is 0. The SMILES string of the molecule is C1CC(CN2CCC3(CC2)OCCO3)C1. The number of piperidine rings is 1. The Bertz CT molecular complexity index is 212. The molecular formula is C12H21NO2. The summed E-state index contributed by atoms with van der Waals surface area (Å²) in [5, 5.41) is 0. The van der Waals surface area contributed by atoms with E-state index in [0.29, 0.717) is 0 Å². The summed E-state index contributed by atoms with van der Waals surface area (Å²) in [4.78, 5) is 2.60. The number of hydrogen-bond acceptors (Lipinski definition) is 3. The summed E-state index contributed by atoms with van der Waals surface area (Å²) in [6.07, 6.45) is 6.50. The third-order valence-electron chi connectivity index (χ3n) is 4.17. The Morgan fingerprint density at radius 3 is 2.27 bits per heavy atom. The van der Waals surface area contributed by atoms with E-state index in [1.807, 2.05) is 0 Å². The number of nitrogens with zero attached hydrogens (tertiary/aromatic N) is 1. The van der Waals surface area contributed by atoms with Crippen LogP contribution in [0.25, 0.3) is 0 Å². The molecule has 3 heteroatoms. The molecule has 1 spiro atoms. The van der Waals surface area contributed by atoms with E-state index in [4.69, 9.17) is 9.47 Å². The van der Waals surface area contributed by atoms with Crippen LogP contribution in [0.1, 0.15) is 32.1 Å². The van der Waals surface area contributed by atoms with E-state index >= 15 is 0 Å². The van der Waals surface area contributed by atoms with Gasteiger partial charge in [0, 0.05) is 32.5 Å². The first kappa shape index (κ1) is 10.1. The average molecular weight is 211 g/mol. The van der Waals surface area contributed by atoms with Crippen molar-refractivity contribution >= 4 is 0 Å². The zero-order chi connectivity index (χ0) is 10.1. The maximum absolute atomic E-state index is 5.73. The first-order chi connectivity index (χ1) is 7.36. The highest BCUT2D eigenvalue weighted by atomic mass is 16.7. The first-order valence-corrected chi connectivity index (χ1v) is 6.37. The highest BCUT2D eigenvalue weighted by Gasteiger charge is 2.40. The summed E-state index contributed by atoms with van der Waals surface area (Å²) in [5.74, 6) is 0.806. The molecule has 3 aliphatic rings. The summed E-state index contributed by atoms with van der Waals surface area (Å²) in [6.45, 7) is 5.23. The van der Waals surface area contributed by atoms with Gasteiger partial charge in [0.2, 0.25) is 0 Å². The number of likely N-dealkylation sites (tertiary alicyclic amines) is 1. The van der Waals surface area contributed by atoms with Gasteiger partial charge in [0.05, 0.1) is 13.2 Å². The molecule has 0 N–H and O–H groups in total. The molecule has 1 aliphatic carbocycles. The fourth-order valence-corrected chi connectivity index (χ4v) is 2.90. The Morgan fingerprint density at radius 2 is 1.73 bits per heavy atom. The highest BCUT2D eigenvalue weighted by Crippen LogP contribution is 2.33. The van der Waals surface area contributed by atoms with Crippen molar-refractivity contribution in [2.75, 3.05) is 32.8 Å². The van der Waals surface area contributed by atoms with Crippen molar-refractivity contribution in [1.29, 1.82) is 0 Å². The van der Waals surface area contributed by atoms with Gasteiger partial charge in [-0.1, -0.05) is 6.42 Å². The lowest BCUT2D eigenvalue weighted by atomic mass is 9.84. The molecule has 0 aromatic heterocycles. The monoisotopic (exact) mass is 211 g/mol. The third kappa shape index (κ3) is 2.05. The largest absolute Gasteiger partial charge is 0.347 e. The summed E-state index contributed by atoms with van der Waals surface area (Å²) in [5.41, 5.74) is 0. The molecule has 0 radical (unpaired) electrons. The Balaban J connectivity index is 1.47. The Morgan fingerprint density at radius 1 is 1.07 bits per heavy atom. The molecule has 1 saturated carbocycles. The van der Waals surface area contributed by atoms with Crippen molar-refractivity contribution in [3.05, 3.63) is 0 Å². The predicted octanol–water partition coefficient (Wildman–Crippen LogP) is 1.63. The van der Waals surface area contributed by atoms with Gasteiger partial charge < -0.3 is 14.4 Å². The van der Waals surface area contributed by atoms with Crippen molar-refractivity contribution in [1.82, 2.24) is 4.90 Å². The van der Waals surface area contributed by atoms with Crippen molar-refractivity contribution < 1.29 is 9.47 Å². The van der Waals surface area contributed by atoms with Crippen LogP contribution in [0.5, 0.6) is 0 Å². The molecule has 0 amide bonds. The maximum atomic E-state index is 5.73. The minimum atomic E-state index is -0.184. The molecule has 3 fully saturated rings. The molecule has 2 aliphatic heterocycles. The van der Waals surface area contributed by atoms with Gasteiger partial charge in [0.15, 0.2) is 5.79 Å². The van der Waals surface area contributed by atoms with Crippen LogP contribution in [0.2, 0.25) is 0 Å². The molecule has 0 atom stereocenters. The van der Waals surface area contributed by atoms with Crippen molar-refractivity contribution in [2.24, 2.45) is 5.92 Å². The lowest BCUT2D eigenvalue weighted by Crippen LogP contribution is -2.47. The second-order valence-electron chi connectivity index (χ2n) is 5.21. The summed E-state index contributed by atoms with van der Waals surface area (Å²) in [7, 11) is 0.